The third kappa shape index (κ3) is 2.17. The maximum atomic E-state index is 8.88. The highest BCUT2D eigenvalue weighted by Crippen LogP contribution is 2.27. The maximum Gasteiger partial charge on any atom is 0.239 e. The second-order valence-corrected chi connectivity index (χ2v) is 3.74. The Morgan fingerprint density at radius 1 is 1.44 bits per heavy atom. The number of hydrogen-bond donors (Lipinski definition) is 1. The van der Waals surface area contributed by atoms with Crippen molar-refractivity contribution in [2.75, 3.05) is 38.3 Å². The predicted octanol–water partition coefficient (Wildman–Crippen LogP) is 0.548. The lowest BCUT2D eigenvalue weighted by atomic mass is 10.2. The van der Waals surface area contributed by atoms with Crippen LogP contribution in [0.2, 0.25) is 0 Å². The van der Waals surface area contributed by atoms with Crippen LogP contribution in [-0.2, 0) is 0 Å². The SMILES string of the molecule is COc1ccccc1N1C=[N+](CCO)CC1. The van der Waals surface area contributed by atoms with Gasteiger partial charge in [0.05, 0.1) is 13.7 Å². The number of nitrogens with zero attached hydrogens (tertiary/aromatic N) is 2. The van der Waals surface area contributed by atoms with Crippen LogP contribution in [0.4, 0.5) is 5.69 Å². The Labute approximate surface area is 95.4 Å². The fourth-order valence-corrected chi connectivity index (χ4v) is 1.90. The van der Waals surface area contributed by atoms with Gasteiger partial charge in [-0.2, -0.15) is 0 Å². The second kappa shape index (κ2) is 4.99. The number of β-amino-alcohol motifs (C(OH)–C–C–N with tert-alkyl or cyclic N) is 1. The van der Waals surface area contributed by atoms with E-state index >= 15 is 0 Å². The van der Waals surface area contributed by atoms with E-state index in [4.69, 9.17) is 9.84 Å². The van der Waals surface area contributed by atoms with Crippen molar-refractivity contribution in [2.24, 2.45) is 0 Å². The smallest absolute Gasteiger partial charge is 0.239 e. The van der Waals surface area contributed by atoms with Gasteiger partial charge >= 0.3 is 0 Å². The quantitative estimate of drug-likeness (QED) is 0.754. The van der Waals surface area contributed by atoms with Crippen LogP contribution in [0, 0.1) is 0 Å². The molecule has 4 nitrogen and oxygen atoms in total. The third-order valence-corrected chi connectivity index (χ3v) is 2.71. The molecule has 0 saturated carbocycles. The van der Waals surface area contributed by atoms with Crippen LogP contribution in [0.25, 0.3) is 0 Å². The molecule has 4 heteroatoms. The fourth-order valence-electron chi connectivity index (χ4n) is 1.90. The zero-order chi connectivity index (χ0) is 11.4. The standard InChI is InChI=1S/C12H17N2O2/c1-16-12-5-3-2-4-11(12)14-7-6-13(10-14)8-9-15/h2-5,10,15H,6-9H2,1H3/q+1. The van der Waals surface area contributed by atoms with E-state index in [1.54, 1.807) is 7.11 Å². The average Bonchev–Trinajstić information content (AvgIpc) is 2.78. The zero-order valence-electron chi connectivity index (χ0n) is 9.47. The summed E-state index contributed by atoms with van der Waals surface area (Å²) in [6.07, 6.45) is 2.04. The first-order chi connectivity index (χ1) is 7.85. The van der Waals surface area contributed by atoms with Crippen LogP contribution in [0.15, 0.2) is 24.3 Å². The second-order valence-electron chi connectivity index (χ2n) is 3.74. The van der Waals surface area contributed by atoms with Crippen LogP contribution in [0.1, 0.15) is 0 Å². The molecule has 0 spiro atoms. The number of methoxy groups -OCH3 is 1. The molecule has 0 amide bonds. The van der Waals surface area contributed by atoms with Crippen molar-refractivity contribution in [3.05, 3.63) is 24.3 Å². The first-order valence-electron chi connectivity index (χ1n) is 5.44. The van der Waals surface area contributed by atoms with Crippen molar-refractivity contribution in [1.82, 2.24) is 0 Å². The van der Waals surface area contributed by atoms with E-state index in [0.29, 0.717) is 6.54 Å². The van der Waals surface area contributed by atoms with Gasteiger partial charge in [-0.05, 0) is 12.1 Å². The van der Waals surface area contributed by atoms with E-state index in [0.717, 1.165) is 24.5 Å². The highest BCUT2D eigenvalue weighted by Gasteiger charge is 2.23. The van der Waals surface area contributed by atoms with E-state index in [2.05, 4.69) is 9.48 Å². The molecule has 1 N–H and O–H groups in total. The molecule has 0 saturated heterocycles. The normalized spacial score (nSPS) is 15.1. The Bertz CT molecular complexity index is 390. The molecule has 0 atom stereocenters. The Balaban J connectivity index is 2.19. The van der Waals surface area contributed by atoms with Crippen molar-refractivity contribution in [3.8, 4) is 5.75 Å². The Morgan fingerprint density at radius 3 is 3.00 bits per heavy atom. The van der Waals surface area contributed by atoms with Gasteiger partial charge in [-0.3, -0.25) is 4.58 Å². The maximum absolute atomic E-state index is 8.88. The van der Waals surface area contributed by atoms with Gasteiger partial charge in [-0.1, -0.05) is 12.1 Å². The van der Waals surface area contributed by atoms with Gasteiger partial charge in [0.2, 0.25) is 6.34 Å². The summed E-state index contributed by atoms with van der Waals surface area (Å²) in [6, 6.07) is 7.96. The molecule has 86 valence electrons. The first kappa shape index (κ1) is 11.0. The van der Waals surface area contributed by atoms with Gasteiger partial charge in [-0.25, -0.2) is 4.90 Å². The number of hydrogen-bond acceptors (Lipinski definition) is 3. The molecule has 16 heavy (non-hydrogen) atoms. The van der Waals surface area contributed by atoms with E-state index in [1.807, 2.05) is 30.6 Å². The molecule has 0 bridgehead atoms. The van der Waals surface area contributed by atoms with Crippen molar-refractivity contribution in [3.63, 3.8) is 0 Å². The van der Waals surface area contributed by atoms with Gasteiger partial charge in [-0.15, -0.1) is 0 Å². The number of benzene rings is 1. The lowest BCUT2D eigenvalue weighted by Crippen LogP contribution is -2.18. The first-order valence-corrected chi connectivity index (χ1v) is 5.44. The summed E-state index contributed by atoms with van der Waals surface area (Å²) in [6.45, 7) is 2.75. The molecule has 0 fully saturated rings. The summed E-state index contributed by atoms with van der Waals surface area (Å²) < 4.78 is 7.43. The van der Waals surface area contributed by atoms with Crippen LogP contribution in [-0.4, -0.2) is 49.4 Å². The lowest BCUT2D eigenvalue weighted by molar-refractivity contribution is -0.515. The summed E-state index contributed by atoms with van der Waals surface area (Å²) >= 11 is 0. The summed E-state index contributed by atoms with van der Waals surface area (Å²) in [5.41, 5.74) is 1.07. The third-order valence-electron chi connectivity index (χ3n) is 2.71. The topological polar surface area (TPSA) is 35.7 Å². The van der Waals surface area contributed by atoms with Gasteiger partial charge in [0.1, 0.15) is 19.6 Å². The number of para-hydroxylation sites is 2. The molecule has 0 unspecified atom stereocenters. The van der Waals surface area contributed by atoms with Crippen molar-refractivity contribution >= 4 is 12.0 Å². The number of anilines is 1. The number of aliphatic hydroxyl groups is 1. The molecule has 1 aromatic carbocycles. The summed E-state index contributed by atoms with van der Waals surface area (Å²) in [5.74, 6) is 0.879. The van der Waals surface area contributed by atoms with Crippen LogP contribution < -0.4 is 9.64 Å². The highest BCUT2D eigenvalue weighted by atomic mass is 16.5. The molecule has 1 heterocycles. The number of aliphatic hydroxyl groups excluding tert-OH is 1. The number of ether oxygens (including phenoxy) is 1. The molecular weight excluding hydrogens is 204 g/mol. The largest absolute Gasteiger partial charge is 0.492 e. The van der Waals surface area contributed by atoms with E-state index in [9.17, 15) is 0 Å². The number of rotatable bonds is 4. The molecule has 1 aliphatic heterocycles. The summed E-state index contributed by atoms with van der Waals surface area (Å²) in [7, 11) is 1.68. The van der Waals surface area contributed by atoms with E-state index < -0.39 is 0 Å². The van der Waals surface area contributed by atoms with Crippen molar-refractivity contribution < 1.29 is 14.4 Å². The monoisotopic (exact) mass is 221 g/mol. The minimum Gasteiger partial charge on any atom is -0.492 e. The Kier molecular flexibility index (Phi) is 3.41. The van der Waals surface area contributed by atoms with Crippen LogP contribution >= 0.6 is 0 Å². The van der Waals surface area contributed by atoms with Crippen LogP contribution in [0.3, 0.4) is 0 Å². The van der Waals surface area contributed by atoms with Gasteiger partial charge in [0.25, 0.3) is 0 Å². The molecule has 0 radical (unpaired) electrons. The van der Waals surface area contributed by atoms with Crippen molar-refractivity contribution in [2.45, 2.75) is 0 Å². The molecule has 2 rings (SSSR count). The fraction of sp³-hybridized carbons (Fsp3) is 0.417. The molecule has 0 aliphatic carbocycles. The highest BCUT2D eigenvalue weighted by molar-refractivity contribution is 5.80. The molecule has 1 aromatic rings. The van der Waals surface area contributed by atoms with Crippen LogP contribution in [0.5, 0.6) is 5.75 Å². The molecular formula is C12H17N2O2+. The average molecular weight is 221 g/mol. The molecule has 0 aromatic heterocycles. The summed E-state index contributed by atoms with van der Waals surface area (Å²) in [4.78, 5) is 2.15. The lowest BCUT2D eigenvalue weighted by Gasteiger charge is -2.10. The Morgan fingerprint density at radius 2 is 2.25 bits per heavy atom. The summed E-state index contributed by atoms with van der Waals surface area (Å²) in [5, 5.41) is 8.88. The molecule has 1 aliphatic rings. The Hall–Kier alpha value is -1.55. The minimum atomic E-state index is 0.191. The minimum absolute atomic E-state index is 0.191. The van der Waals surface area contributed by atoms with Gasteiger partial charge in [0, 0.05) is 0 Å². The van der Waals surface area contributed by atoms with Crippen molar-refractivity contribution in [1.29, 1.82) is 0 Å². The van der Waals surface area contributed by atoms with E-state index in [1.165, 1.54) is 0 Å². The predicted molar refractivity (Wildman–Crippen MR) is 63.5 cm³/mol. The zero-order valence-corrected chi connectivity index (χ0v) is 9.47. The van der Waals surface area contributed by atoms with Gasteiger partial charge < -0.3 is 9.84 Å². The van der Waals surface area contributed by atoms with E-state index in [-0.39, 0.29) is 6.61 Å². The van der Waals surface area contributed by atoms with Gasteiger partial charge in [0.15, 0.2) is 11.4 Å².